The first-order chi connectivity index (χ1) is 10.1. The summed E-state index contributed by atoms with van der Waals surface area (Å²) in [7, 11) is 2.10. The Hall–Kier alpha value is -0.320. The molecule has 1 saturated heterocycles. The van der Waals surface area contributed by atoms with Gasteiger partial charge in [-0.25, -0.2) is 0 Å². The lowest BCUT2D eigenvalue weighted by Crippen LogP contribution is -2.32. The van der Waals surface area contributed by atoms with Crippen molar-refractivity contribution >= 4 is 23.2 Å². The molecule has 0 amide bonds. The van der Waals surface area contributed by atoms with E-state index in [1.807, 2.05) is 12.1 Å². The Morgan fingerprint density at radius 1 is 1.24 bits per heavy atom. The fraction of sp³-hybridized carbons (Fsp3) is 0.625. The van der Waals surface area contributed by atoms with Crippen LogP contribution in [0.5, 0.6) is 0 Å². The third kappa shape index (κ3) is 5.11. The Labute approximate surface area is 137 Å². The molecule has 118 valence electrons. The highest BCUT2D eigenvalue weighted by Gasteiger charge is 2.15. The lowest BCUT2D eigenvalue weighted by molar-refractivity contribution is 0.145. The normalized spacial score (nSPS) is 17.6. The maximum atomic E-state index is 10.3. The maximum Gasteiger partial charge on any atom is 0.0817 e. The average molecular weight is 331 g/mol. The van der Waals surface area contributed by atoms with Gasteiger partial charge in [0.15, 0.2) is 0 Å². The van der Waals surface area contributed by atoms with Crippen LogP contribution in [0.4, 0.5) is 0 Å². The van der Waals surface area contributed by atoms with Gasteiger partial charge >= 0.3 is 0 Å². The molecule has 0 aliphatic carbocycles. The molecule has 1 unspecified atom stereocenters. The van der Waals surface area contributed by atoms with Crippen LogP contribution in [-0.4, -0.2) is 54.7 Å². The maximum absolute atomic E-state index is 10.3. The van der Waals surface area contributed by atoms with Gasteiger partial charge in [-0.05, 0) is 45.5 Å². The number of nitrogens with zero attached hydrogens (tertiary/aromatic N) is 2. The molecule has 1 N–H and O–H groups in total. The Morgan fingerprint density at radius 3 is 2.67 bits per heavy atom. The molecule has 0 bridgehead atoms. The van der Waals surface area contributed by atoms with Crippen molar-refractivity contribution in [2.75, 3.05) is 39.8 Å². The third-order valence-corrected chi connectivity index (χ3v) is 4.95. The molecule has 2 rings (SSSR count). The van der Waals surface area contributed by atoms with Crippen LogP contribution in [0.1, 0.15) is 30.9 Å². The van der Waals surface area contributed by atoms with Crippen molar-refractivity contribution in [2.45, 2.75) is 25.4 Å². The first kappa shape index (κ1) is 17.0. The van der Waals surface area contributed by atoms with Crippen LogP contribution >= 0.6 is 23.2 Å². The van der Waals surface area contributed by atoms with E-state index in [-0.39, 0.29) is 0 Å². The lowest BCUT2D eigenvalue weighted by Gasteiger charge is -2.22. The molecular formula is C16H24Cl2N2O. The van der Waals surface area contributed by atoms with Gasteiger partial charge in [0, 0.05) is 25.2 Å². The minimum Gasteiger partial charge on any atom is -0.388 e. The van der Waals surface area contributed by atoms with Gasteiger partial charge in [-0.3, -0.25) is 0 Å². The quantitative estimate of drug-likeness (QED) is 0.829. The summed E-state index contributed by atoms with van der Waals surface area (Å²) in [5, 5.41) is 11.2. The number of hydrogen-bond donors (Lipinski definition) is 1. The monoisotopic (exact) mass is 330 g/mol. The summed E-state index contributed by atoms with van der Waals surface area (Å²) in [6.45, 7) is 5.46. The number of halogens is 2. The standard InChI is InChI=1S/C16H24Cl2N2O/c1-19(11-12-20-8-2-3-9-20)10-7-15(21)13-5-4-6-14(17)16(13)18/h4-6,15,21H,2-3,7-12H2,1H3. The van der Waals surface area contributed by atoms with Gasteiger partial charge in [0.05, 0.1) is 16.1 Å². The van der Waals surface area contributed by atoms with E-state index in [0.717, 1.165) is 25.2 Å². The number of rotatable bonds is 7. The van der Waals surface area contributed by atoms with Crippen LogP contribution in [0.15, 0.2) is 18.2 Å². The zero-order chi connectivity index (χ0) is 15.2. The zero-order valence-electron chi connectivity index (χ0n) is 12.6. The molecule has 0 radical (unpaired) electrons. The minimum absolute atomic E-state index is 0.464. The van der Waals surface area contributed by atoms with Crippen molar-refractivity contribution < 1.29 is 5.11 Å². The summed E-state index contributed by atoms with van der Waals surface area (Å²) in [6, 6.07) is 5.40. The second-order valence-corrected chi connectivity index (χ2v) is 6.58. The first-order valence-corrected chi connectivity index (χ1v) is 8.36. The van der Waals surface area contributed by atoms with Gasteiger partial charge in [-0.15, -0.1) is 0 Å². The fourth-order valence-electron chi connectivity index (χ4n) is 2.71. The van der Waals surface area contributed by atoms with E-state index in [4.69, 9.17) is 23.2 Å². The molecule has 1 aromatic carbocycles. The van der Waals surface area contributed by atoms with Crippen LogP contribution in [0.2, 0.25) is 10.0 Å². The summed E-state index contributed by atoms with van der Waals surface area (Å²) in [5.41, 5.74) is 0.720. The van der Waals surface area contributed by atoms with Crippen molar-refractivity contribution in [1.82, 2.24) is 9.80 Å². The molecule has 1 aliphatic heterocycles. The number of likely N-dealkylation sites (tertiary alicyclic amines) is 1. The lowest BCUT2D eigenvalue weighted by atomic mass is 10.1. The largest absolute Gasteiger partial charge is 0.388 e. The van der Waals surface area contributed by atoms with E-state index >= 15 is 0 Å². The van der Waals surface area contributed by atoms with Gasteiger partial charge in [-0.2, -0.15) is 0 Å². The first-order valence-electron chi connectivity index (χ1n) is 7.61. The predicted molar refractivity (Wildman–Crippen MR) is 89.2 cm³/mol. The third-order valence-electron chi connectivity index (χ3n) is 4.12. The number of aliphatic hydroxyl groups excluding tert-OH is 1. The van der Waals surface area contributed by atoms with E-state index in [9.17, 15) is 5.11 Å². The fourth-order valence-corrected chi connectivity index (χ4v) is 3.14. The van der Waals surface area contributed by atoms with E-state index in [1.54, 1.807) is 6.07 Å². The Morgan fingerprint density at radius 2 is 1.95 bits per heavy atom. The SMILES string of the molecule is CN(CCC(O)c1cccc(Cl)c1Cl)CCN1CCCC1. The molecule has 1 aliphatic rings. The summed E-state index contributed by atoms with van der Waals surface area (Å²) in [4.78, 5) is 4.76. The second kappa shape index (κ2) is 8.35. The zero-order valence-corrected chi connectivity index (χ0v) is 14.1. The van der Waals surface area contributed by atoms with Gasteiger partial charge < -0.3 is 14.9 Å². The van der Waals surface area contributed by atoms with Crippen LogP contribution in [-0.2, 0) is 0 Å². The van der Waals surface area contributed by atoms with Crippen molar-refractivity contribution in [1.29, 1.82) is 0 Å². The molecular weight excluding hydrogens is 307 g/mol. The van der Waals surface area contributed by atoms with E-state index < -0.39 is 6.10 Å². The van der Waals surface area contributed by atoms with E-state index in [1.165, 1.54) is 25.9 Å². The van der Waals surface area contributed by atoms with Crippen molar-refractivity contribution in [3.8, 4) is 0 Å². The molecule has 3 nitrogen and oxygen atoms in total. The number of hydrogen-bond acceptors (Lipinski definition) is 3. The molecule has 5 heteroatoms. The molecule has 1 atom stereocenters. The molecule has 21 heavy (non-hydrogen) atoms. The molecule has 1 fully saturated rings. The highest BCUT2D eigenvalue weighted by Crippen LogP contribution is 2.31. The van der Waals surface area contributed by atoms with E-state index in [0.29, 0.717) is 16.5 Å². The molecule has 1 heterocycles. The van der Waals surface area contributed by atoms with Crippen LogP contribution in [0.3, 0.4) is 0 Å². The highest BCUT2D eigenvalue weighted by molar-refractivity contribution is 6.42. The van der Waals surface area contributed by atoms with Crippen molar-refractivity contribution in [2.24, 2.45) is 0 Å². The average Bonchev–Trinajstić information content (AvgIpc) is 2.99. The molecule has 0 saturated carbocycles. The van der Waals surface area contributed by atoms with Gasteiger partial charge in [-0.1, -0.05) is 35.3 Å². The molecule has 0 aromatic heterocycles. The molecule has 1 aromatic rings. The number of benzene rings is 1. The van der Waals surface area contributed by atoms with Crippen LogP contribution in [0.25, 0.3) is 0 Å². The predicted octanol–water partition coefficient (Wildman–Crippen LogP) is 3.44. The summed E-state index contributed by atoms with van der Waals surface area (Å²) >= 11 is 12.1. The summed E-state index contributed by atoms with van der Waals surface area (Å²) in [5.74, 6) is 0. The smallest absolute Gasteiger partial charge is 0.0817 e. The Bertz CT molecular complexity index is 450. The minimum atomic E-state index is -0.564. The Balaban J connectivity index is 1.74. The summed E-state index contributed by atoms with van der Waals surface area (Å²) in [6.07, 6.45) is 2.76. The molecule has 0 spiro atoms. The topological polar surface area (TPSA) is 26.7 Å². The van der Waals surface area contributed by atoms with Gasteiger partial charge in [0.2, 0.25) is 0 Å². The highest BCUT2D eigenvalue weighted by atomic mass is 35.5. The van der Waals surface area contributed by atoms with Crippen molar-refractivity contribution in [3.05, 3.63) is 33.8 Å². The van der Waals surface area contributed by atoms with Crippen molar-refractivity contribution in [3.63, 3.8) is 0 Å². The van der Waals surface area contributed by atoms with Gasteiger partial charge in [0.25, 0.3) is 0 Å². The summed E-state index contributed by atoms with van der Waals surface area (Å²) < 4.78 is 0. The Kier molecular flexibility index (Phi) is 6.77. The second-order valence-electron chi connectivity index (χ2n) is 5.80. The number of likely N-dealkylation sites (N-methyl/N-ethyl adjacent to an activating group) is 1. The van der Waals surface area contributed by atoms with Crippen LogP contribution < -0.4 is 0 Å². The number of aliphatic hydroxyl groups is 1. The van der Waals surface area contributed by atoms with E-state index in [2.05, 4.69) is 16.8 Å². The van der Waals surface area contributed by atoms with Gasteiger partial charge in [0.1, 0.15) is 0 Å². The van der Waals surface area contributed by atoms with Crippen LogP contribution in [0, 0.1) is 0 Å².